The highest BCUT2D eigenvalue weighted by Gasteiger charge is 2.01. The first-order valence-corrected chi connectivity index (χ1v) is 5.24. The van der Waals surface area contributed by atoms with Crippen LogP contribution in [0.5, 0.6) is 0 Å². The fraction of sp³-hybridized carbons (Fsp3) is 0.182. The third kappa shape index (κ3) is 1.60. The van der Waals surface area contributed by atoms with Crippen LogP contribution in [0.1, 0.15) is 5.56 Å². The van der Waals surface area contributed by atoms with Crippen LogP contribution in [0.4, 0.5) is 5.82 Å². The number of anilines is 1. The number of halogens is 1. The zero-order valence-electron chi connectivity index (χ0n) is 8.13. The molecule has 1 aromatic carbocycles. The summed E-state index contributed by atoms with van der Waals surface area (Å²) in [4.78, 5) is 4.47. The molecule has 0 amide bonds. The molecule has 0 spiro atoms. The van der Waals surface area contributed by atoms with E-state index in [-0.39, 0.29) is 0 Å². The molecule has 0 aliphatic carbocycles. The predicted molar refractivity (Wildman–Crippen MR) is 63.7 cm³/mol. The number of aromatic nitrogens is 1. The Morgan fingerprint density at radius 1 is 1.29 bits per heavy atom. The summed E-state index contributed by atoms with van der Waals surface area (Å²) >= 11 is 3.47. The van der Waals surface area contributed by atoms with E-state index in [1.807, 2.05) is 19.2 Å². The van der Waals surface area contributed by atoms with Crippen LogP contribution in [-0.2, 0) is 0 Å². The van der Waals surface area contributed by atoms with Crippen molar-refractivity contribution < 1.29 is 0 Å². The number of rotatable bonds is 1. The standard InChI is InChI=1S/C11H11BrN2/c1-7-5-8(12)6-10-9(7)3-4-11(13-2)14-10/h3-6H,1-2H3,(H,13,14). The van der Waals surface area contributed by atoms with Crippen molar-refractivity contribution in [2.24, 2.45) is 0 Å². The van der Waals surface area contributed by atoms with Gasteiger partial charge in [-0.1, -0.05) is 15.9 Å². The topological polar surface area (TPSA) is 24.9 Å². The quantitative estimate of drug-likeness (QED) is 0.840. The maximum Gasteiger partial charge on any atom is 0.126 e. The molecule has 0 aliphatic rings. The summed E-state index contributed by atoms with van der Waals surface area (Å²) in [6.07, 6.45) is 0. The summed E-state index contributed by atoms with van der Waals surface area (Å²) < 4.78 is 1.07. The summed E-state index contributed by atoms with van der Waals surface area (Å²) in [6, 6.07) is 8.21. The van der Waals surface area contributed by atoms with E-state index in [4.69, 9.17) is 0 Å². The molecule has 0 bridgehead atoms. The zero-order chi connectivity index (χ0) is 10.1. The molecule has 0 fully saturated rings. The van der Waals surface area contributed by atoms with E-state index in [1.165, 1.54) is 10.9 Å². The second-order valence-electron chi connectivity index (χ2n) is 3.24. The molecule has 0 saturated heterocycles. The highest BCUT2D eigenvalue weighted by Crippen LogP contribution is 2.23. The minimum Gasteiger partial charge on any atom is -0.373 e. The van der Waals surface area contributed by atoms with Gasteiger partial charge in [0.1, 0.15) is 5.82 Å². The third-order valence-electron chi connectivity index (χ3n) is 2.23. The fourth-order valence-corrected chi connectivity index (χ4v) is 2.07. The number of fused-ring (bicyclic) bond motifs is 1. The average molecular weight is 251 g/mol. The van der Waals surface area contributed by atoms with Crippen molar-refractivity contribution in [3.8, 4) is 0 Å². The summed E-state index contributed by atoms with van der Waals surface area (Å²) in [7, 11) is 1.87. The van der Waals surface area contributed by atoms with E-state index < -0.39 is 0 Å². The van der Waals surface area contributed by atoms with Crippen molar-refractivity contribution in [1.82, 2.24) is 4.98 Å². The lowest BCUT2D eigenvalue weighted by atomic mass is 10.1. The molecule has 0 saturated carbocycles. The van der Waals surface area contributed by atoms with Gasteiger partial charge in [-0.15, -0.1) is 0 Å². The monoisotopic (exact) mass is 250 g/mol. The van der Waals surface area contributed by atoms with E-state index in [2.05, 4.69) is 45.3 Å². The lowest BCUT2D eigenvalue weighted by Crippen LogP contribution is -1.92. The first-order chi connectivity index (χ1) is 6.70. The molecular formula is C11H11BrN2. The number of nitrogens with zero attached hydrogens (tertiary/aromatic N) is 1. The van der Waals surface area contributed by atoms with Gasteiger partial charge in [-0.3, -0.25) is 0 Å². The maximum absolute atomic E-state index is 4.47. The van der Waals surface area contributed by atoms with Gasteiger partial charge in [-0.05, 0) is 36.8 Å². The second-order valence-corrected chi connectivity index (χ2v) is 4.15. The van der Waals surface area contributed by atoms with Crippen molar-refractivity contribution in [3.63, 3.8) is 0 Å². The van der Waals surface area contributed by atoms with Crippen LogP contribution >= 0.6 is 15.9 Å². The molecule has 0 unspecified atom stereocenters. The second kappa shape index (κ2) is 3.58. The normalized spacial score (nSPS) is 10.5. The Morgan fingerprint density at radius 3 is 2.79 bits per heavy atom. The van der Waals surface area contributed by atoms with E-state index in [0.29, 0.717) is 0 Å². The number of nitrogens with one attached hydrogen (secondary N) is 1. The Balaban J connectivity index is 2.75. The number of hydrogen-bond acceptors (Lipinski definition) is 2. The predicted octanol–water partition coefficient (Wildman–Crippen LogP) is 3.35. The number of benzene rings is 1. The number of pyridine rings is 1. The molecule has 2 rings (SSSR count). The van der Waals surface area contributed by atoms with Crippen LogP contribution in [0, 0.1) is 6.92 Å². The Bertz CT molecular complexity index is 480. The van der Waals surface area contributed by atoms with Crippen LogP contribution in [0.25, 0.3) is 10.9 Å². The Labute approximate surface area is 91.5 Å². The first kappa shape index (κ1) is 9.46. The van der Waals surface area contributed by atoms with Crippen molar-refractivity contribution in [2.75, 3.05) is 12.4 Å². The summed E-state index contributed by atoms with van der Waals surface area (Å²) in [5.74, 6) is 0.898. The van der Waals surface area contributed by atoms with Gasteiger partial charge in [0.25, 0.3) is 0 Å². The highest BCUT2D eigenvalue weighted by molar-refractivity contribution is 9.10. The van der Waals surface area contributed by atoms with Crippen molar-refractivity contribution in [2.45, 2.75) is 6.92 Å². The molecule has 0 aliphatic heterocycles. The average Bonchev–Trinajstić information content (AvgIpc) is 2.16. The zero-order valence-corrected chi connectivity index (χ0v) is 9.72. The SMILES string of the molecule is CNc1ccc2c(C)cc(Br)cc2n1. The van der Waals surface area contributed by atoms with Crippen LogP contribution < -0.4 is 5.32 Å². The van der Waals surface area contributed by atoms with Crippen LogP contribution in [-0.4, -0.2) is 12.0 Å². The lowest BCUT2D eigenvalue weighted by molar-refractivity contribution is 1.33. The molecule has 72 valence electrons. The minimum atomic E-state index is 0.898. The highest BCUT2D eigenvalue weighted by atomic mass is 79.9. The Kier molecular flexibility index (Phi) is 2.42. The van der Waals surface area contributed by atoms with E-state index >= 15 is 0 Å². The molecule has 14 heavy (non-hydrogen) atoms. The minimum absolute atomic E-state index is 0.898. The fourth-order valence-electron chi connectivity index (χ4n) is 1.51. The molecule has 1 heterocycles. The molecule has 1 N–H and O–H groups in total. The summed E-state index contributed by atoms with van der Waals surface area (Å²) in [5.41, 5.74) is 2.26. The van der Waals surface area contributed by atoms with Gasteiger partial charge in [-0.2, -0.15) is 0 Å². The maximum atomic E-state index is 4.47. The molecule has 2 nitrogen and oxygen atoms in total. The Morgan fingerprint density at radius 2 is 2.07 bits per heavy atom. The largest absolute Gasteiger partial charge is 0.373 e. The molecule has 0 radical (unpaired) electrons. The molecule has 1 aromatic heterocycles. The van der Waals surface area contributed by atoms with Crippen LogP contribution in [0.3, 0.4) is 0 Å². The molecule has 0 atom stereocenters. The van der Waals surface area contributed by atoms with E-state index in [9.17, 15) is 0 Å². The molecular weight excluding hydrogens is 240 g/mol. The van der Waals surface area contributed by atoms with Crippen molar-refractivity contribution >= 4 is 32.7 Å². The van der Waals surface area contributed by atoms with Gasteiger partial charge in [-0.25, -0.2) is 4.98 Å². The van der Waals surface area contributed by atoms with E-state index in [1.54, 1.807) is 0 Å². The summed E-state index contributed by atoms with van der Waals surface area (Å²) in [5, 5.41) is 4.23. The lowest BCUT2D eigenvalue weighted by Gasteiger charge is -2.05. The Hall–Kier alpha value is -1.09. The van der Waals surface area contributed by atoms with Gasteiger partial charge in [0.15, 0.2) is 0 Å². The van der Waals surface area contributed by atoms with Crippen LogP contribution in [0.2, 0.25) is 0 Å². The third-order valence-corrected chi connectivity index (χ3v) is 2.69. The first-order valence-electron chi connectivity index (χ1n) is 4.45. The van der Waals surface area contributed by atoms with Crippen molar-refractivity contribution in [3.05, 3.63) is 34.3 Å². The number of hydrogen-bond donors (Lipinski definition) is 1. The van der Waals surface area contributed by atoms with Gasteiger partial charge in [0, 0.05) is 16.9 Å². The van der Waals surface area contributed by atoms with Gasteiger partial charge in [0.05, 0.1) is 5.52 Å². The van der Waals surface area contributed by atoms with E-state index in [0.717, 1.165) is 15.8 Å². The van der Waals surface area contributed by atoms with Gasteiger partial charge < -0.3 is 5.32 Å². The molecule has 2 aromatic rings. The van der Waals surface area contributed by atoms with Gasteiger partial charge >= 0.3 is 0 Å². The van der Waals surface area contributed by atoms with Crippen molar-refractivity contribution in [1.29, 1.82) is 0 Å². The molecule has 3 heteroatoms. The summed E-state index contributed by atoms with van der Waals surface area (Å²) in [6.45, 7) is 2.09. The smallest absolute Gasteiger partial charge is 0.126 e. The van der Waals surface area contributed by atoms with Crippen LogP contribution in [0.15, 0.2) is 28.7 Å². The van der Waals surface area contributed by atoms with Gasteiger partial charge in [0.2, 0.25) is 0 Å². The number of aryl methyl sites for hydroxylation is 1.